The minimum atomic E-state index is -1.90. The Morgan fingerprint density at radius 1 is 0.614 bits per heavy atom. The number of phenols is 9. The molecule has 234 valence electrons. The van der Waals surface area contributed by atoms with Crippen molar-refractivity contribution in [1.82, 2.24) is 0 Å². The minimum Gasteiger partial charge on any atom is -0.504 e. The molecule has 1 heterocycles. The number of hydrogen-bond donors (Lipinski definition) is 10. The van der Waals surface area contributed by atoms with Crippen LogP contribution in [0, 0.1) is 0 Å². The first kappa shape index (κ1) is 31.1. The summed E-state index contributed by atoms with van der Waals surface area (Å²) < 4.78 is 21.1. The van der Waals surface area contributed by atoms with E-state index >= 15 is 0 Å². The van der Waals surface area contributed by atoms with E-state index in [1.165, 1.54) is 0 Å². The molecule has 0 spiro atoms. The molecule has 4 rings (SSSR count). The summed E-state index contributed by atoms with van der Waals surface area (Å²) in [7, 11) is 0. The van der Waals surface area contributed by atoms with Crippen LogP contribution in [0.4, 0.5) is 0 Å². The third-order valence-corrected chi connectivity index (χ3v) is 6.35. The Labute approximate surface area is 245 Å². The highest BCUT2D eigenvalue weighted by Gasteiger charge is 2.45. The first-order chi connectivity index (χ1) is 20.7. The first-order valence-electron chi connectivity index (χ1n) is 12.3. The van der Waals surface area contributed by atoms with Crippen LogP contribution in [0.5, 0.6) is 51.7 Å². The average Bonchev–Trinajstić information content (AvgIpc) is 2.97. The number of aromatic hydroxyl groups is 9. The number of benzene rings is 3. The molecule has 0 aromatic heterocycles. The predicted molar refractivity (Wildman–Crippen MR) is 139 cm³/mol. The van der Waals surface area contributed by atoms with E-state index in [4.69, 9.17) is 18.9 Å². The zero-order chi connectivity index (χ0) is 32.5. The van der Waals surface area contributed by atoms with Crippen LogP contribution in [0.15, 0.2) is 36.4 Å². The summed E-state index contributed by atoms with van der Waals surface area (Å²) in [6.45, 7) is -1.33. The fourth-order valence-corrected chi connectivity index (χ4v) is 4.04. The second kappa shape index (κ2) is 12.2. The van der Waals surface area contributed by atoms with E-state index in [0.29, 0.717) is 0 Å². The highest BCUT2D eigenvalue weighted by atomic mass is 16.6. The van der Waals surface area contributed by atoms with Crippen LogP contribution in [-0.2, 0) is 18.9 Å². The lowest BCUT2D eigenvalue weighted by Gasteiger charge is -2.38. The maximum Gasteiger partial charge on any atom is 0.338 e. The number of esters is 3. The summed E-state index contributed by atoms with van der Waals surface area (Å²) in [5.74, 6) is -11.6. The molecular weight excluding hydrogens is 596 g/mol. The average molecular weight is 620 g/mol. The van der Waals surface area contributed by atoms with Crippen molar-refractivity contribution < 1.29 is 84.4 Å². The van der Waals surface area contributed by atoms with Crippen LogP contribution >= 0.6 is 0 Å². The molecule has 3 aromatic carbocycles. The van der Waals surface area contributed by atoms with Gasteiger partial charge in [0.2, 0.25) is 0 Å². The van der Waals surface area contributed by atoms with Crippen LogP contribution in [-0.4, -0.2) is 107 Å². The molecule has 0 aliphatic carbocycles. The maximum absolute atomic E-state index is 12.9. The van der Waals surface area contributed by atoms with Crippen molar-refractivity contribution in [3.8, 4) is 51.7 Å². The third kappa shape index (κ3) is 6.32. The Kier molecular flexibility index (Phi) is 8.63. The van der Waals surface area contributed by atoms with Crippen molar-refractivity contribution in [2.24, 2.45) is 0 Å². The number of carbonyl (C=O) groups is 3. The van der Waals surface area contributed by atoms with Crippen molar-refractivity contribution in [2.45, 2.75) is 24.4 Å². The molecule has 0 radical (unpaired) electrons. The molecule has 4 atom stereocenters. The summed E-state index contributed by atoms with van der Waals surface area (Å²) in [5, 5.41) is 97.7. The van der Waals surface area contributed by atoms with Gasteiger partial charge in [-0.3, -0.25) is 0 Å². The van der Waals surface area contributed by atoms with Crippen LogP contribution < -0.4 is 0 Å². The lowest BCUT2D eigenvalue weighted by atomic mass is 9.99. The molecular formula is C27H24O17. The molecule has 0 unspecified atom stereocenters. The van der Waals surface area contributed by atoms with E-state index in [2.05, 4.69) is 0 Å². The minimum absolute atomic E-state index is 0.412. The number of carbonyl (C=O) groups excluding carboxylic acids is 3. The zero-order valence-electron chi connectivity index (χ0n) is 22.0. The standard InChI is InChI=1S/C27H24O17/c28-12-1-9(2-13(29)20(12)34)25(38)42-8-19-24(44-27(40)11-5-16(32)22(36)17(33)6-11)23(37)18(7-41-19)43-26(39)10-3-14(30)21(35)15(31)4-10/h1-6,18-19,23-24,28-37H,7-8H2/t18-,19+,23+,24+/m0/s1. The van der Waals surface area contributed by atoms with Crippen molar-refractivity contribution in [1.29, 1.82) is 0 Å². The Balaban J connectivity index is 1.56. The van der Waals surface area contributed by atoms with Crippen LogP contribution in [0.25, 0.3) is 0 Å². The van der Waals surface area contributed by atoms with Gasteiger partial charge in [0.05, 0.1) is 23.3 Å². The molecule has 1 aliphatic rings. The lowest BCUT2D eigenvalue weighted by molar-refractivity contribution is -0.196. The zero-order valence-corrected chi connectivity index (χ0v) is 22.0. The first-order valence-corrected chi connectivity index (χ1v) is 12.3. The number of hydrogen-bond acceptors (Lipinski definition) is 17. The van der Waals surface area contributed by atoms with Crippen molar-refractivity contribution in [3.63, 3.8) is 0 Å². The van der Waals surface area contributed by atoms with Gasteiger partial charge in [-0.05, 0) is 36.4 Å². The number of rotatable bonds is 7. The molecule has 0 amide bonds. The van der Waals surface area contributed by atoms with Gasteiger partial charge in [0.25, 0.3) is 0 Å². The van der Waals surface area contributed by atoms with Crippen LogP contribution in [0.3, 0.4) is 0 Å². The van der Waals surface area contributed by atoms with Gasteiger partial charge in [-0.15, -0.1) is 0 Å². The molecule has 0 saturated carbocycles. The number of phenolic OH excluding ortho intramolecular Hbond substituents is 9. The molecule has 1 saturated heterocycles. The van der Waals surface area contributed by atoms with E-state index in [-0.39, 0.29) is 0 Å². The SMILES string of the molecule is O=C(OC[C@H]1OC[C@H](OC(=O)c2cc(O)c(O)c(O)c2)[C@@H](O)[C@@H]1OC(=O)c1cc(O)c(O)c(O)c1)c1cc(O)c(O)c(O)c1. The quantitative estimate of drug-likeness (QED) is 0.0971. The van der Waals surface area contributed by atoms with Gasteiger partial charge in [0.15, 0.2) is 64.0 Å². The van der Waals surface area contributed by atoms with Gasteiger partial charge in [0.1, 0.15) is 18.8 Å². The Hall–Kier alpha value is -5.81. The number of aliphatic hydroxyl groups is 1. The molecule has 10 N–H and O–H groups in total. The molecule has 3 aromatic rings. The number of ether oxygens (including phenoxy) is 4. The van der Waals surface area contributed by atoms with Crippen molar-refractivity contribution >= 4 is 17.9 Å². The Morgan fingerprint density at radius 2 is 0.977 bits per heavy atom. The lowest BCUT2D eigenvalue weighted by Crippen LogP contribution is -2.57. The van der Waals surface area contributed by atoms with E-state index in [1.54, 1.807) is 0 Å². The van der Waals surface area contributed by atoms with Gasteiger partial charge in [-0.25, -0.2) is 14.4 Å². The third-order valence-electron chi connectivity index (χ3n) is 6.35. The van der Waals surface area contributed by atoms with E-state index in [0.717, 1.165) is 36.4 Å². The molecule has 44 heavy (non-hydrogen) atoms. The van der Waals surface area contributed by atoms with E-state index < -0.39 is 124 Å². The second-order valence-corrected chi connectivity index (χ2v) is 9.36. The van der Waals surface area contributed by atoms with Crippen LogP contribution in [0.1, 0.15) is 31.1 Å². The molecule has 17 nitrogen and oxygen atoms in total. The molecule has 17 heteroatoms. The summed E-state index contributed by atoms with van der Waals surface area (Å²) in [6, 6.07) is 4.54. The summed E-state index contributed by atoms with van der Waals surface area (Å²) in [5.41, 5.74) is -1.38. The van der Waals surface area contributed by atoms with Crippen LogP contribution in [0.2, 0.25) is 0 Å². The predicted octanol–water partition coefficient (Wildman–Crippen LogP) is 0.405. The van der Waals surface area contributed by atoms with Gasteiger partial charge in [-0.1, -0.05) is 0 Å². The molecule has 1 aliphatic heterocycles. The highest BCUT2D eigenvalue weighted by molar-refractivity contribution is 5.92. The van der Waals surface area contributed by atoms with Gasteiger partial charge < -0.3 is 70.0 Å². The van der Waals surface area contributed by atoms with E-state index in [1.807, 2.05) is 0 Å². The fourth-order valence-electron chi connectivity index (χ4n) is 4.04. The Bertz CT molecular complexity index is 1540. The van der Waals surface area contributed by atoms with Crippen molar-refractivity contribution in [3.05, 3.63) is 53.1 Å². The largest absolute Gasteiger partial charge is 0.504 e. The van der Waals surface area contributed by atoms with Gasteiger partial charge in [0, 0.05) is 0 Å². The highest BCUT2D eigenvalue weighted by Crippen LogP contribution is 2.38. The second-order valence-electron chi connectivity index (χ2n) is 9.36. The summed E-state index contributed by atoms with van der Waals surface area (Å²) in [4.78, 5) is 38.1. The smallest absolute Gasteiger partial charge is 0.338 e. The van der Waals surface area contributed by atoms with Gasteiger partial charge >= 0.3 is 17.9 Å². The summed E-state index contributed by atoms with van der Waals surface area (Å²) in [6.07, 6.45) is -6.74. The van der Waals surface area contributed by atoms with E-state index in [9.17, 15) is 65.4 Å². The Morgan fingerprint density at radius 3 is 1.39 bits per heavy atom. The normalized spacial score (nSPS) is 19.6. The molecule has 1 fully saturated rings. The van der Waals surface area contributed by atoms with Crippen molar-refractivity contribution in [2.75, 3.05) is 13.2 Å². The van der Waals surface area contributed by atoms with Gasteiger partial charge in [-0.2, -0.15) is 0 Å². The summed E-state index contributed by atoms with van der Waals surface area (Å²) >= 11 is 0. The maximum atomic E-state index is 12.9. The topological polar surface area (TPSA) is 290 Å². The number of aliphatic hydroxyl groups excluding tert-OH is 1. The molecule has 0 bridgehead atoms. The monoisotopic (exact) mass is 620 g/mol. The fraction of sp³-hybridized carbons (Fsp3) is 0.222.